The lowest BCUT2D eigenvalue weighted by Crippen LogP contribution is -2.25. The van der Waals surface area contributed by atoms with Gasteiger partial charge in [-0.3, -0.25) is 4.79 Å². The number of aromatic nitrogens is 2. The fourth-order valence-electron chi connectivity index (χ4n) is 1.68. The molecule has 0 saturated carbocycles. The Labute approximate surface area is 111 Å². The van der Waals surface area contributed by atoms with Crippen LogP contribution in [-0.2, 0) is 13.0 Å². The Morgan fingerprint density at radius 1 is 1.47 bits per heavy atom. The van der Waals surface area contributed by atoms with E-state index in [1.54, 1.807) is 13.1 Å². The highest BCUT2D eigenvalue weighted by molar-refractivity contribution is 5.93. The van der Waals surface area contributed by atoms with Gasteiger partial charge in [0.15, 0.2) is 5.82 Å². The molecule has 0 saturated heterocycles. The molecule has 0 bridgehead atoms. The first kappa shape index (κ1) is 13.3. The zero-order valence-electron chi connectivity index (χ0n) is 11.3. The zero-order chi connectivity index (χ0) is 13.8. The molecule has 0 aliphatic heterocycles. The van der Waals surface area contributed by atoms with E-state index in [4.69, 9.17) is 8.94 Å². The van der Waals surface area contributed by atoms with Gasteiger partial charge in [-0.1, -0.05) is 19.0 Å². The minimum Gasteiger partial charge on any atom is -0.472 e. The van der Waals surface area contributed by atoms with Crippen molar-refractivity contribution in [2.75, 3.05) is 7.05 Å². The van der Waals surface area contributed by atoms with Crippen molar-refractivity contribution in [1.29, 1.82) is 0 Å². The third kappa shape index (κ3) is 3.43. The van der Waals surface area contributed by atoms with E-state index >= 15 is 0 Å². The number of hydrogen-bond acceptors (Lipinski definition) is 5. The van der Waals surface area contributed by atoms with E-state index in [1.807, 2.05) is 0 Å². The van der Waals surface area contributed by atoms with Crippen LogP contribution >= 0.6 is 0 Å². The molecule has 2 aromatic rings. The predicted octanol–water partition coefficient (Wildman–Crippen LogP) is 2.13. The van der Waals surface area contributed by atoms with Gasteiger partial charge in [-0.05, 0) is 12.0 Å². The van der Waals surface area contributed by atoms with E-state index in [0.29, 0.717) is 23.2 Å². The van der Waals surface area contributed by atoms with Crippen LogP contribution in [0, 0.1) is 5.92 Å². The fourth-order valence-corrected chi connectivity index (χ4v) is 1.68. The summed E-state index contributed by atoms with van der Waals surface area (Å²) in [5.41, 5.74) is 0.504. The molecule has 0 aliphatic rings. The van der Waals surface area contributed by atoms with Crippen LogP contribution in [-0.4, -0.2) is 28.0 Å². The quantitative estimate of drug-likeness (QED) is 0.826. The average Bonchev–Trinajstić information content (AvgIpc) is 2.98. The van der Waals surface area contributed by atoms with Crippen molar-refractivity contribution in [3.63, 3.8) is 0 Å². The van der Waals surface area contributed by atoms with E-state index in [9.17, 15) is 4.79 Å². The molecule has 102 valence electrons. The van der Waals surface area contributed by atoms with Gasteiger partial charge >= 0.3 is 0 Å². The molecule has 6 heteroatoms. The monoisotopic (exact) mass is 263 g/mol. The Balaban J connectivity index is 1.97. The summed E-state index contributed by atoms with van der Waals surface area (Å²) in [6, 6.07) is 1.62. The zero-order valence-corrected chi connectivity index (χ0v) is 11.3. The maximum atomic E-state index is 12.0. The molecular formula is C13H17N3O3. The second-order valence-electron chi connectivity index (χ2n) is 4.88. The van der Waals surface area contributed by atoms with Crippen molar-refractivity contribution in [2.24, 2.45) is 5.92 Å². The molecule has 6 nitrogen and oxygen atoms in total. The van der Waals surface area contributed by atoms with Crippen LogP contribution in [0.3, 0.4) is 0 Å². The lowest BCUT2D eigenvalue weighted by Gasteiger charge is -2.12. The van der Waals surface area contributed by atoms with Gasteiger partial charge in [0.05, 0.1) is 18.4 Å². The van der Waals surface area contributed by atoms with E-state index in [2.05, 4.69) is 24.0 Å². The standard InChI is InChI=1S/C13H17N3O3/c1-9(2)6-11-14-12(19-15-11)7-16(3)13(17)10-4-5-18-8-10/h4-5,8-9H,6-7H2,1-3H3. The molecule has 1 amide bonds. The molecule has 0 fully saturated rings. The number of amides is 1. The molecule has 0 atom stereocenters. The molecule has 0 N–H and O–H groups in total. The number of carbonyl (C=O) groups excluding carboxylic acids is 1. The summed E-state index contributed by atoms with van der Waals surface area (Å²) in [5.74, 6) is 1.44. The highest BCUT2D eigenvalue weighted by Crippen LogP contribution is 2.09. The Hall–Kier alpha value is -2.11. The first-order valence-electron chi connectivity index (χ1n) is 6.15. The Morgan fingerprint density at radius 2 is 2.26 bits per heavy atom. The first-order chi connectivity index (χ1) is 9.06. The molecular weight excluding hydrogens is 246 g/mol. The van der Waals surface area contributed by atoms with Crippen LogP contribution < -0.4 is 0 Å². The number of hydrogen-bond donors (Lipinski definition) is 0. The van der Waals surface area contributed by atoms with Gasteiger partial charge in [0, 0.05) is 13.5 Å². The molecule has 0 spiro atoms. The second-order valence-corrected chi connectivity index (χ2v) is 4.88. The third-order valence-electron chi connectivity index (χ3n) is 2.59. The van der Waals surface area contributed by atoms with Crippen molar-refractivity contribution in [3.05, 3.63) is 35.9 Å². The summed E-state index contributed by atoms with van der Waals surface area (Å²) in [6.07, 6.45) is 3.65. The summed E-state index contributed by atoms with van der Waals surface area (Å²) in [7, 11) is 1.68. The van der Waals surface area contributed by atoms with E-state index < -0.39 is 0 Å². The van der Waals surface area contributed by atoms with E-state index in [0.717, 1.165) is 6.42 Å². The average molecular weight is 263 g/mol. The number of nitrogens with zero attached hydrogens (tertiary/aromatic N) is 3. The van der Waals surface area contributed by atoms with Gasteiger partial charge in [-0.15, -0.1) is 0 Å². The van der Waals surface area contributed by atoms with Gasteiger partial charge < -0.3 is 13.8 Å². The number of carbonyl (C=O) groups is 1. The van der Waals surface area contributed by atoms with Gasteiger partial charge in [0.1, 0.15) is 6.26 Å². The van der Waals surface area contributed by atoms with Crippen LogP contribution in [0.1, 0.15) is 35.9 Å². The third-order valence-corrected chi connectivity index (χ3v) is 2.59. The molecule has 0 aliphatic carbocycles. The fraction of sp³-hybridized carbons (Fsp3) is 0.462. The first-order valence-corrected chi connectivity index (χ1v) is 6.15. The molecule has 19 heavy (non-hydrogen) atoms. The Bertz CT molecular complexity index is 531. The van der Waals surface area contributed by atoms with Gasteiger partial charge in [0.25, 0.3) is 5.91 Å². The summed E-state index contributed by atoms with van der Waals surface area (Å²) in [6.45, 7) is 4.46. The Morgan fingerprint density at radius 3 is 2.89 bits per heavy atom. The molecule has 0 radical (unpaired) electrons. The minimum absolute atomic E-state index is 0.141. The Kier molecular flexibility index (Phi) is 3.99. The van der Waals surface area contributed by atoms with Crippen molar-refractivity contribution in [3.8, 4) is 0 Å². The molecule has 2 aromatic heterocycles. The van der Waals surface area contributed by atoms with Crippen molar-refractivity contribution in [1.82, 2.24) is 15.0 Å². The van der Waals surface area contributed by atoms with Crippen molar-refractivity contribution < 1.29 is 13.7 Å². The highest BCUT2D eigenvalue weighted by atomic mass is 16.5. The smallest absolute Gasteiger partial charge is 0.257 e. The van der Waals surface area contributed by atoms with Crippen LogP contribution in [0.25, 0.3) is 0 Å². The topological polar surface area (TPSA) is 72.4 Å². The van der Waals surface area contributed by atoms with Crippen LogP contribution in [0.4, 0.5) is 0 Å². The number of furan rings is 1. The lowest BCUT2D eigenvalue weighted by molar-refractivity contribution is 0.0769. The summed E-state index contributed by atoms with van der Waals surface area (Å²) >= 11 is 0. The minimum atomic E-state index is -0.141. The highest BCUT2D eigenvalue weighted by Gasteiger charge is 2.16. The van der Waals surface area contributed by atoms with Crippen LogP contribution in [0.2, 0.25) is 0 Å². The summed E-state index contributed by atoms with van der Waals surface area (Å²) < 4.78 is 10.0. The number of rotatable bonds is 5. The maximum Gasteiger partial charge on any atom is 0.257 e. The molecule has 0 aromatic carbocycles. The van der Waals surface area contributed by atoms with Crippen molar-refractivity contribution >= 4 is 5.91 Å². The van der Waals surface area contributed by atoms with Crippen molar-refractivity contribution in [2.45, 2.75) is 26.8 Å². The predicted molar refractivity (Wildman–Crippen MR) is 67.3 cm³/mol. The van der Waals surface area contributed by atoms with Gasteiger partial charge in [0.2, 0.25) is 5.89 Å². The summed E-state index contributed by atoms with van der Waals surface area (Å²) in [5, 5.41) is 3.89. The van der Waals surface area contributed by atoms with E-state index in [1.165, 1.54) is 17.4 Å². The molecule has 0 unspecified atom stereocenters. The second kappa shape index (κ2) is 5.69. The lowest BCUT2D eigenvalue weighted by atomic mass is 10.1. The largest absolute Gasteiger partial charge is 0.472 e. The summed E-state index contributed by atoms with van der Waals surface area (Å²) in [4.78, 5) is 17.7. The molecule has 2 rings (SSSR count). The van der Waals surface area contributed by atoms with Crippen LogP contribution in [0.5, 0.6) is 0 Å². The molecule has 2 heterocycles. The van der Waals surface area contributed by atoms with Gasteiger partial charge in [-0.2, -0.15) is 4.98 Å². The van der Waals surface area contributed by atoms with E-state index in [-0.39, 0.29) is 12.5 Å². The normalized spacial score (nSPS) is 10.9. The van der Waals surface area contributed by atoms with Crippen LogP contribution in [0.15, 0.2) is 27.5 Å². The maximum absolute atomic E-state index is 12.0. The van der Waals surface area contributed by atoms with Gasteiger partial charge in [-0.25, -0.2) is 0 Å². The SMILES string of the molecule is CC(C)Cc1noc(CN(C)C(=O)c2ccoc2)n1.